The van der Waals surface area contributed by atoms with E-state index < -0.39 is 0 Å². The van der Waals surface area contributed by atoms with Gasteiger partial charge in [0.15, 0.2) is 0 Å². The molecule has 0 amide bonds. The van der Waals surface area contributed by atoms with Crippen molar-refractivity contribution in [2.45, 2.75) is 33.7 Å². The fourth-order valence-electron chi connectivity index (χ4n) is 2.21. The normalized spacial score (nSPS) is 11.1. The Morgan fingerprint density at radius 3 is 2.81 bits per heavy atom. The van der Waals surface area contributed by atoms with Gasteiger partial charge >= 0.3 is 0 Å². The van der Waals surface area contributed by atoms with E-state index in [1.165, 1.54) is 5.56 Å². The molecule has 4 nitrogen and oxygen atoms in total. The minimum absolute atomic E-state index is 0.587. The van der Waals surface area contributed by atoms with E-state index in [2.05, 4.69) is 58.0 Å². The third-order valence-electron chi connectivity index (χ3n) is 3.10. The number of ether oxygens (including phenoxy) is 1. The maximum atomic E-state index is 5.24. The van der Waals surface area contributed by atoms with Gasteiger partial charge in [0.2, 0.25) is 0 Å². The van der Waals surface area contributed by atoms with Gasteiger partial charge in [-0.2, -0.15) is 0 Å². The number of rotatable bonds is 10. The molecular formula is C16H28BrN3O. The minimum Gasteiger partial charge on any atom is -0.383 e. The van der Waals surface area contributed by atoms with Gasteiger partial charge in [-0.15, -0.1) is 0 Å². The monoisotopic (exact) mass is 357 g/mol. The fourth-order valence-corrected chi connectivity index (χ4v) is 2.59. The Kier molecular flexibility index (Phi) is 8.88. The van der Waals surface area contributed by atoms with Crippen molar-refractivity contribution in [3.05, 3.63) is 22.3 Å². The molecule has 0 aliphatic rings. The molecule has 1 rings (SSSR count). The molecule has 0 aliphatic carbocycles. The second-order valence-electron chi connectivity index (χ2n) is 5.65. The number of hydrogen-bond acceptors (Lipinski definition) is 4. The molecule has 1 N–H and O–H groups in total. The lowest BCUT2D eigenvalue weighted by molar-refractivity contribution is 0.204. The van der Waals surface area contributed by atoms with Crippen molar-refractivity contribution < 1.29 is 4.74 Å². The summed E-state index contributed by atoms with van der Waals surface area (Å²) < 4.78 is 6.27. The molecule has 0 radical (unpaired) electrons. The summed E-state index contributed by atoms with van der Waals surface area (Å²) in [5.41, 5.74) is 1.23. The first-order chi connectivity index (χ1) is 10.1. The topological polar surface area (TPSA) is 37.4 Å². The van der Waals surface area contributed by atoms with Crippen LogP contribution in [0, 0.1) is 5.92 Å². The van der Waals surface area contributed by atoms with Gasteiger partial charge in [0.25, 0.3) is 0 Å². The third kappa shape index (κ3) is 6.76. The number of nitrogens with one attached hydrogen (secondary N) is 1. The van der Waals surface area contributed by atoms with Gasteiger partial charge in [-0.1, -0.05) is 20.8 Å². The zero-order valence-corrected chi connectivity index (χ0v) is 15.2. The van der Waals surface area contributed by atoms with Crippen LogP contribution in [0.5, 0.6) is 0 Å². The number of hydrogen-bond donors (Lipinski definition) is 1. The molecule has 120 valence electrons. The van der Waals surface area contributed by atoms with Crippen molar-refractivity contribution in [3.63, 3.8) is 0 Å². The lowest BCUT2D eigenvalue weighted by atomic mass is 10.1. The van der Waals surface area contributed by atoms with Crippen molar-refractivity contribution in [3.8, 4) is 0 Å². The molecular weight excluding hydrogens is 330 g/mol. The first kappa shape index (κ1) is 18.4. The van der Waals surface area contributed by atoms with Gasteiger partial charge in [-0.3, -0.25) is 0 Å². The molecule has 0 unspecified atom stereocenters. The summed E-state index contributed by atoms with van der Waals surface area (Å²) in [7, 11) is 1.74. The van der Waals surface area contributed by atoms with Crippen molar-refractivity contribution in [1.29, 1.82) is 0 Å². The van der Waals surface area contributed by atoms with Crippen LogP contribution in [0.2, 0.25) is 0 Å². The van der Waals surface area contributed by atoms with Gasteiger partial charge in [0, 0.05) is 43.0 Å². The Hall–Kier alpha value is -0.650. The predicted octanol–water partition coefficient (Wildman–Crippen LogP) is 3.45. The van der Waals surface area contributed by atoms with E-state index >= 15 is 0 Å². The zero-order valence-electron chi connectivity index (χ0n) is 13.7. The lowest BCUT2D eigenvalue weighted by Crippen LogP contribution is -2.33. The molecule has 0 saturated carbocycles. The molecule has 0 bridgehead atoms. The quantitative estimate of drug-likeness (QED) is 0.650. The standard InChI is InChI=1S/C16H28BrN3O/c1-5-6-18-10-14-9-15(17)11-19-16(14)20(7-8-21-4)12-13(2)3/h9,11,13,18H,5-8,10,12H2,1-4H3. The van der Waals surface area contributed by atoms with Crippen molar-refractivity contribution in [1.82, 2.24) is 10.3 Å². The maximum absolute atomic E-state index is 5.24. The van der Waals surface area contributed by atoms with E-state index in [4.69, 9.17) is 4.74 Å². The van der Waals surface area contributed by atoms with Gasteiger partial charge in [0.05, 0.1) is 6.61 Å². The smallest absolute Gasteiger partial charge is 0.133 e. The summed E-state index contributed by atoms with van der Waals surface area (Å²) in [6, 6.07) is 2.16. The first-order valence-electron chi connectivity index (χ1n) is 7.67. The summed E-state index contributed by atoms with van der Waals surface area (Å²) in [6.45, 7) is 11.1. The molecule has 0 atom stereocenters. The van der Waals surface area contributed by atoms with Crippen LogP contribution in [0.25, 0.3) is 0 Å². The molecule has 1 heterocycles. The van der Waals surface area contributed by atoms with Crippen molar-refractivity contribution in [2.24, 2.45) is 5.92 Å². The molecule has 0 saturated heterocycles. The van der Waals surface area contributed by atoms with E-state index in [9.17, 15) is 0 Å². The van der Waals surface area contributed by atoms with Crippen molar-refractivity contribution >= 4 is 21.7 Å². The number of anilines is 1. The average molecular weight is 358 g/mol. The first-order valence-corrected chi connectivity index (χ1v) is 8.46. The van der Waals surface area contributed by atoms with Crippen LogP contribution in [-0.4, -0.2) is 38.3 Å². The van der Waals surface area contributed by atoms with Crippen LogP contribution in [-0.2, 0) is 11.3 Å². The Bertz CT molecular complexity index is 413. The number of methoxy groups -OCH3 is 1. The van der Waals surface area contributed by atoms with E-state index in [0.717, 1.165) is 42.9 Å². The van der Waals surface area contributed by atoms with Crippen LogP contribution in [0.4, 0.5) is 5.82 Å². The molecule has 0 aliphatic heterocycles. The Morgan fingerprint density at radius 1 is 1.43 bits per heavy atom. The van der Waals surface area contributed by atoms with Crippen molar-refractivity contribution in [2.75, 3.05) is 38.3 Å². The van der Waals surface area contributed by atoms with Crippen LogP contribution >= 0.6 is 15.9 Å². The van der Waals surface area contributed by atoms with E-state index in [0.29, 0.717) is 12.5 Å². The highest BCUT2D eigenvalue weighted by Gasteiger charge is 2.14. The van der Waals surface area contributed by atoms with Gasteiger partial charge in [-0.05, 0) is 40.9 Å². The second kappa shape index (κ2) is 10.1. The van der Waals surface area contributed by atoms with Gasteiger partial charge < -0.3 is 15.0 Å². The molecule has 0 fully saturated rings. The van der Waals surface area contributed by atoms with Crippen LogP contribution in [0.3, 0.4) is 0 Å². The van der Waals surface area contributed by atoms with E-state index in [1.54, 1.807) is 7.11 Å². The largest absolute Gasteiger partial charge is 0.383 e. The van der Waals surface area contributed by atoms with E-state index in [-0.39, 0.29) is 0 Å². The fraction of sp³-hybridized carbons (Fsp3) is 0.688. The summed E-state index contributed by atoms with van der Waals surface area (Å²) in [4.78, 5) is 6.97. The molecule has 0 aromatic carbocycles. The van der Waals surface area contributed by atoms with Gasteiger partial charge in [0.1, 0.15) is 5.82 Å². The minimum atomic E-state index is 0.587. The highest BCUT2D eigenvalue weighted by Crippen LogP contribution is 2.22. The third-order valence-corrected chi connectivity index (χ3v) is 3.54. The second-order valence-corrected chi connectivity index (χ2v) is 6.56. The van der Waals surface area contributed by atoms with Crippen LogP contribution in [0.15, 0.2) is 16.7 Å². The highest BCUT2D eigenvalue weighted by atomic mass is 79.9. The maximum Gasteiger partial charge on any atom is 0.133 e. The number of pyridine rings is 1. The van der Waals surface area contributed by atoms with E-state index in [1.807, 2.05) is 6.20 Å². The summed E-state index contributed by atoms with van der Waals surface area (Å²) in [6.07, 6.45) is 3.01. The Labute approximate surface area is 137 Å². The number of aromatic nitrogens is 1. The molecule has 1 aromatic rings. The van der Waals surface area contributed by atoms with Crippen LogP contribution < -0.4 is 10.2 Å². The Balaban J connectivity index is 2.92. The molecule has 1 aromatic heterocycles. The predicted molar refractivity (Wildman–Crippen MR) is 92.9 cm³/mol. The number of nitrogens with zero attached hydrogens (tertiary/aromatic N) is 2. The summed E-state index contributed by atoms with van der Waals surface area (Å²) in [5.74, 6) is 1.65. The van der Waals surface area contributed by atoms with Gasteiger partial charge in [-0.25, -0.2) is 4.98 Å². The lowest BCUT2D eigenvalue weighted by Gasteiger charge is -2.27. The SMILES string of the molecule is CCCNCc1cc(Br)cnc1N(CCOC)CC(C)C. The van der Waals surface area contributed by atoms with Crippen LogP contribution in [0.1, 0.15) is 32.8 Å². The average Bonchev–Trinajstić information content (AvgIpc) is 2.44. The highest BCUT2D eigenvalue weighted by molar-refractivity contribution is 9.10. The molecule has 21 heavy (non-hydrogen) atoms. The summed E-state index contributed by atoms with van der Waals surface area (Å²) in [5, 5.41) is 3.46. The molecule has 5 heteroatoms. The summed E-state index contributed by atoms with van der Waals surface area (Å²) >= 11 is 3.52. The molecule has 0 spiro atoms. The Morgan fingerprint density at radius 2 is 2.19 bits per heavy atom. The number of halogens is 1. The zero-order chi connectivity index (χ0) is 15.7.